The number of carbonyl (C=O) groups excluding carboxylic acids is 1. The topological polar surface area (TPSA) is 50.4 Å². The number of ether oxygens (including phenoxy) is 1. The van der Waals surface area contributed by atoms with E-state index in [-0.39, 0.29) is 11.9 Å². The molecule has 1 amide bonds. The third-order valence-electron chi connectivity index (χ3n) is 3.25. The second-order valence-electron chi connectivity index (χ2n) is 4.91. The first-order valence-corrected chi connectivity index (χ1v) is 6.40. The lowest BCUT2D eigenvalue weighted by atomic mass is 10.1. The van der Waals surface area contributed by atoms with Gasteiger partial charge in [-0.15, -0.1) is 0 Å². The van der Waals surface area contributed by atoms with E-state index in [9.17, 15) is 4.79 Å². The Labute approximate surface area is 97.1 Å². The molecule has 16 heavy (non-hydrogen) atoms. The number of amides is 1. The van der Waals surface area contributed by atoms with Crippen LogP contribution in [0.2, 0.25) is 0 Å². The molecular formula is C12H22N2O2. The minimum atomic E-state index is -0.0799. The highest BCUT2D eigenvalue weighted by Crippen LogP contribution is 2.18. The summed E-state index contributed by atoms with van der Waals surface area (Å²) in [6.07, 6.45) is 5.52. The lowest BCUT2D eigenvalue weighted by Crippen LogP contribution is -2.47. The van der Waals surface area contributed by atoms with E-state index in [0.29, 0.717) is 12.1 Å². The minimum absolute atomic E-state index is 0.0799. The molecule has 1 saturated heterocycles. The maximum absolute atomic E-state index is 11.7. The van der Waals surface area contributed by atoms with Crippen LogP contribution in [0.1, 0.15) is 39.0 Å². The van der Waals surface area contributed by atoms with Gasteiger partial charge in [-0.25, -0.2) is 0 Å². The number of nitrogens with one attached hydrogen (secondary N) is 2. The Morgan fingerprint density at radius 3 is 2.75 bits per heavy atom. The van der Waals surface area contributed by atoms with Gasteiger partial charge in [-0.05, 0) is 39.0 Å². The molecule has 0 spiro atoms. The average molecular weight is 226 g/mol. The van der Waals surface area contributed by atoms with E-state index in [2.05, 4.69) is 10.6 Å². The summed E-state index contributed by atoms with van der Waals surface area (Å²) in [6.45, 7) is 3.62. The van der Waals surface area contributed by atoms with Gasteiger partial charge in [-0.3, -0.25) is 4.79 Å². The van der Waals surface area contributed by atoms with Crippen molar-refractivity contribution in [3.63, 3.8) is 0 Å². The highest BCUT2D eigenvalue weighted by Gasteiger charge is 2.26. The van der Waals surface area contributed by atoms with Gasteiger partial charge >= 0.3 is 0 Å². The molecule has 2 fully saturated rings. The molecule has 1 heterocycles. The minimum Gasteiger partial charge on any atom is -0.381 e. The van der Waals surface area contributed by atoms with Crippen molar-refractivity contribution >= 4 is 5.91 Å². The Morgan fingerprint density at radius 1 is 1.19 bits per heavy atom. The maximum Gasteiger partial charge on any atom is 0.237 e. The monoisotopic (exact) mass is 226 g/mol. The van der Waals surface area contributed by atoms with Crippen LogP contribution in [0.25, 0.3) is 0 Å². The highest BCUT2D eigenvalue weighted by atomic mass is 16.5. The van der Waals surface area contributed by atoms with Crippen molar-refractivity contribution in [3.8, 4) is 0 Å². The lowest BCUT2D eigenvalue weighted by molar-refractivity contribution is -0.123. The van der Waals surface area contributed by atoms with Crippen LogP contribution in [0.4, 0.5) is 0 Å². The summed E-state index contributed by atoms with van der Waals surface area (Å²) in [5.41, 5.74) is 0. The van der Waals surface area contributed by atoms with Crippen LogP contribution in [0.15, 0.2) is 0 Å². The molecule has 0 aromatic rings. The van der Waals surface area contributed by atoms with Gasteiger partial charge in [0.05, 0.1) is 6.04 Å². The van der Waals surface area contributed by atoms with Gasteiger partial charge in [0.15, 0.2) is 0 Å². The Balaban J connectivity index is 1.71. The molecule has 2 atom stereocenters. The fourth-order valence-corrected chi connectivity index (χ4v) is 2.05. The molecule has 1 saturated carbocycles. The van der Waals surface area contributed by atoms with Crippen LogP contribution in [-0.4, -0.2) is 37.2 Å². The summed E-state index contributed by atoms with van der Waals surface area (Å²) < 4.78 is 5.40. The lowest BCUT2D eigenvalue weighted by Gasteiger charge is -2.21. The first-order valence-electron chi connectivity index (χ1n) is 6.40. The SMILES string of the molecule is CC(NC1CCCOCC1)C(=O)NC1CC1. The molecule has 1 aliphatic heterocycles. The molecule has 1 aliphatic carbocycles. The first-order chi connectivity index (χ1) is 7.75. The number of rotatable bonds is 4. The number of hydrogen-bond donors (Lipinski definition) is 2. The standard InChI is InChI=1S/C12H22N2O2/c1-9(12(15)14-11-4-5-11)13-10-3-2-7-16-8-6-10/h9-11,13H,2-8H2,1H3,(H,14,15). The van der Waals surface area contributed by atoms with Crippen molar-refractivity contribution in [3.05, 3.63) is 0 Å². The summed E-state index contributed by atoms with van der Waals surface area (Å²) in [7, 11) is 0. The van der Waals surface area contributed by atoms with Crippen LogP contribution in [-0.2, 0) is 9.53 Å². The normalized spacial score (nSPS) is 28.2. The predicted molar refractivity (Wildman–Crippen MR) is 62.2 cm³/mol. The van der Waals surface area contributed by atoms with Crippen molar-refractivity contribution in [1.82, 2.24) is 10.6 Å². The predicted octanol–water partition coefficient (Wildman–Crippen LogP) is 0.812. The van der Waals surface area contributed by atoms with Gasteiger partial charge in [0, 0.05) is 25.3 Å². The summed E-state index contributed by atoms with van der Waals surface area (Å²) in [4.78, 5) is 11.7. The van der Waals surface area contributed by atoms with Gasteiger partial charge in [-0.1, -0.05) is 0 Å². The Bertz CT molecular complexity index is 233. The second kappa shape index (κ2) is 5.64. The van der Waals surface area contributed by atoms with Crippen molar-refractivity contribution in [2.45, 2.75) is 57.2 Å². The fraction of sp³-hybridized carbons (Fsp3) is 0.917. The average Bonchev–Trinajstić information content (AvgIpc) is 3.05. The van der Waals surface area contributed by atoms with E-state index in [1.165, 1.54) is 0 Å². The Hall–Kier alpha value is -0.610. The van der Waals surface area contributed by atoms with Gasteiger partial charge in [0.2, 0.25) is 5.91 Å². The molecule has 2 rings (SSSR count). The maximum atomic E-state index is 11.7. The molecule has 0 bridgehead atoms. The summed E-state index contributed by atoms with van der Waals surface area (Å²) in [6, 6.07) is 0.806. The van der Waals surface area contributed by atoms with Gasteiger partial charge < -0.3 is 15.4 Å². The molecule has 0 aromatic heterocycles. The smallest absolute Gasteiger partial charge is 0.237 e. The van der Waals surface area contributed by atoms with Crippen LogP contribution in [0.3, 0.4) is 0 Å². The van der Waals surface area contributed by atoms with Gasteiger partial charge in [-0.2, -0.15) is 0 Å². The summed E-state index contributed by atoms with van der Waals surface area (Å²) in [5, 5.41) is 6.43. The van der Waals surface area contributed by atoms with Crippen molar-refractivity contribution in [2.24, 2.45) is 0 Å². The van der Waals surface area contributed by atoms with Gasteiger partial charge in [0.25, 0.3) is 0 Å². The molecule has 4 heteroatoms. The van der Waals surface area contributed by atoms with E-state index in [1.54, 1.807) is 0 Å². The van der Waals surface area contributed by atoms with Crippen molar-refractivity contribution in [1.29, 1.82) is 0 Å². The zero-order chi connectivity index (χ0) is 11.4. The second-order valence-corrected chi connectivity index (χ2v) is 4.91. The zero-order valence-corrected chi connectivity index (χ0v) is 10.00. The molecular weight excluding hydrogens is 204 g/mol. The quantitative estimate of drug-likeness (QED) is 0.746. The van der Waals surface area contributed by atoms with Crippen molar-refractivity contribution < 1.29 is 9.53 Å². The Morgan fingerprint density at radius 2 is 2.00 bits per heavy atom. The van der Waals surface area contributed by atoms with Crippen LogP contribution in [0, 0.1) is 0 Å². The first kappa shape index (κ1) is 11.9. The fourth-order valence-electron chi connectivity index (χ4n) is 2.05. The third kappa shape index (κ3) is 3.76. The number of hydrogen-bond acceptors (Lipinski definition) is 3. The summed E-state index contributed by atoms with van der Waals surface area (Å²) >= 11 is 0. The van der Waals surface area contributed by atoms with Crippen LogP contribution < -0.4 is 10.6 Å². The summed E-state index contributed by atoms with van der Waals surface area (Å²) in [5.74, 6) is 0.146. The van der Waals surface area contributed by atoms with Crippen molar-refractivity contribution in [2.75, 3.05) is 13.2 Å². The van der Waals surface area contributed by atoms with E-state index >= 15 is 0 Å². The van der Waals surface area contributed by atoms with Crippen LogP contribution in [0.5, 0.6) is 0 Å². The van der Waals surface area contributed by atoms with E-state index in [4.69, 9.17) is 4.74 Å². The van der Waals surface area contributed by atoms with Crippen LogP contribution >= 0.6 is 0 Å². The highest BCUT2D eigenvalue weighted by molar-refractivity contribution is 5.81. The third-order valence-corrected chi connectivity index (χ3v) is 3.25. The van der Waals surface area contributed by atoms with E-state index < -0.39 is 0 Å². The molecule has 92 valence electrons. The zero-order valence-electron chi connectivity index (χ0n) is 10.00. The molecule has 0 aromatic carbocycles. The Kier molecular flexibility index (Phi) is 4.18. The molecule has 2 aliphatic rings. The molecule has 4 nitrogen and oxygen atoms in total. The van der Waals surface area contributed by atoms with E-state index in [1.807, 2.05) is 6.92 Å². The largest absolute Gasteiger partial charge is 0.381 e. The van der Waals surface area contributed by atoms with Gasteiger partial charge in [0.1, 0.15) is 0 Å². The molecule has 0 radical (unpaired) electrons. The molecule has 2 N–H and O–H groups in total. The molecule has 2 unspecified atom stereocenters. The van der Waals surface area contributed by atoms with E-state index in [0.717, 1.165) is 45.3 Å². The number of carbonyl (C=O) groups is 1.